The molecule has 0 spiro atoms. The summed E-state index contributed by atoms with van der Waals surface area (Å²) >= 11 is 0. The molecule has 20 heavy (non-hydrogen) atoms. The molecular weight excluding hydrogens is 250 g/mol. The van der Waals surface area contributed by atoms with E-state index in [1.165, 1.54) is 5.56 Å². The van der Waals surface area contributed by atoms with E-state index in [0.29, 0.717) is 12.0 Å². The molecule has 1 N–H and O–H groups in total. The second kappa shape index (κ2) is 6.70. The lowest BCUT2D eigenvalue weighted by Gasteiger charge is -2.04. The molecule has 110 valence electrons. The fourth-order valence-electron chi connectivity index (χ4n) is 2.06. The van der Waals surface area contributed by atoms with E-state index in [1.54, 1.807) is 0 Å². The second-order valence-corrected chi connectivity index (χ2v) is 5.95. The first-order valence-electron chi connectivity index (χ1n) is 7.30. The van der Waals surface area contributed by atoms with Crippen LogP contribution in [0.1, 0.15) is 45.0 Å². The summed E-state index contributed by atoms with van der Waals surface area (Å²) in [4.78, 5) is 0. The summed E-state index contributed by atoms with van der Waals surface area (Å²) in [5.41, 5.74) is 2.29. The van der Waals surface area contributed by atoms with Crippen LogP contribution in [0.5, 0.6) is 0 Å². The first kappa shape index (κ1) is 14.8. The summed E-state index contributed by atoms with van der Waals surface area (Å²) in [6.07, 6.45) is 6.06. The first-order chi connectivity index (χ1) is 9.54. The van der Waals surface area contributed by atoms with E-state index in [1.807, 2.05) is 21.8 Å². The number of nitrogens with one attached hydrogen (secondary N) is 1. The third-order valence-corrected chi connectivity index (χ3v) is 3.07. The minimum Gasteiger partial charge on any atom is -0.307 e. The van der Waals surface area contributed by atoms with Gasteiger partial charge < -0.3 is 5.32 Å². The second-order valence-electron chi connectivity index (χ2n) is 5.95. The van der Waals surface area contributed by atoms with Gasteiger partial charge in [0.05, 0.1) is 11.9 Å². The SMILES string of the molecule is CC(C)Cn1ccc(CNCc2cnn(C(C)C)c2)n1. The van der Waals surface area contributed by atoms with E-state index in [4.69, 9.17) is 0 Å². The maximum Gasteiger partial charge on any atom is 0.0762 e. The number of hydrogen-bond acceptors (Lipinski definition) is 3. The number of aromatic nitrogens is 4. The van der Waals surface area contributed by atoms with Gasteiger partial charge >= 0.3 is 0 Å². The van der Waals surface area contributed by atoms with E-state index in [2.05, 4.69) is 55.5 Å². The summed E-state index contributed by atoms with van der Waals surface area (Å²) in [6, 6.07) is 2.49. The monoisotopic (exact) mass is 275 g/mol. The molecule has 5 nitrogen and oxygen atoms in total. The molecular formula is C15H25N5. The van der Waals surface area contributed by atoms with Crippen LogP contribution in [0, 0.1) is 5.92 Å². The van der Waals surface area contributed by atoms with Gasteiger partial charge in [-0.1, -0.05) is 13.8 Å². The van der Waals surface area contributed by atoms with Gasteiger partial charge in [0.2, 0.25) is 0 Å². The van der Waals surface area contributed by atoms with E-state index in [9.17, 15) is 0 Å². The molecule has 0 fully saturated rings. The molecule has 0 aliphatic rings. The van der Waals surface area contributed by atoms with Gasteiger partial charge in [-0.15, -0.1) is 0 Å². The van der Waals surface area contributed by atoms with E-state index in [-0.39, 0.29) is 0 Å². The van der Waals surface area contributed by atoms with Crippen molar-refractivity contribution in [2.75, 3.05) is 0 Å². The zero-order valence-corrected chi connectivity index (χ0v) is 12.9. The molecule has 0 aliphatic heterocycles. The van der Waals surface area contributed by atoms with Crippen molar-refractivity contribution in [1.29, 1.82) is 0 Å². The van der Waals surface area contributed by atoms with E-state index in [0.717, 1.165) is 25.3 Å². The molecule has 0 atom stereocenters. The molecule has 0 bridgehead atoms. The zero-order valence-electron chi connectivity index (χ0n) is 12.9. The maximum absolute atomic E-state index is 4.55. The van der Waals surface area contributed by atoms with Crippen LogP contribution in [-0.4, -0.2) is 19.6 Å². The first-order valence-corrected chi connectivity index (χ1v) is 7.30. The highest BCUT2D eigenvalue weighted by atomic mass is 15.3. The van der Waals surface area contributed by atoms with Crippen molar-refractivity contribution < 1.29 is 0 Å². The van der Waals surface area contributed by atoms with Crippen LogP contribution in [0.3, 0.4) is 0 Å². The van der Waals surface area contributed by atoms with Crippen LogP contribution in [0.25, 0.3) is 0 Å². The fourth-order valence-corrected chi connectivity index (χ4v) is 2.06. The van der Waals surface area contributed by atoms with Gasteiger partial charge in [0.15, 0.2) is 0 Å². The standard InChI is InChI=1S/C15H25N5/c1-12(2)10-19-6-5-15(18-19)9-16-7-14-8-17-20(11-14)13(3)4/h5-6,8,11-13,16H,7,9-10H2,1-4H3. The number of nitrogens with zero attached hydrogens (tertiary/aromatic N) is 4. The molecule has 0 saturated carbocycles. The molecule has 0 amide bonds. The molecule has 2 aromatic rings. The van der Waals surface area contributed by atoms with Crippen molar-refractivity contribution in [1.82, 2.24) is 24.9 Å². The van der Waals surface area contributed by atoms with E-state index < -0.39 is 0 Å². The van der Waals surface area contributed by atoms with Gasteiger partial charge in [-0.2, -0.15) is 10.2 Å². The quantitative estimate of drug-likeness (QED) is 0.845. The lowest BCUT2D eigenvalue weighted by Crippen LogP contribution is -2.13. The Kier molecular flexibility index (Phi) is 4.95. The van der Waals surface area contributed by atoms with Crippen molar-refractivity contribution in [3.05, 3.63) is 35.9 Å². The van der Waals surface area contributed by atoms with Gasteiger partial charge in [0.1, 0.15) is 0 Å². The molecule has 2 rings (SSSR count). The fraction of sp³-hybridized carbons (Fsp3) is 0.600. The maximum atomic E-state index is 4.55. The Labute approximate surface area is 121 Å². The van der Waals surface area contributed by atoms with Gasteiger partial charge in [-0.3, -0.25) is 9.36 Å². The van der Waals surface area contributed by atoms with Gasteiger partial charge in [0, 0.05) is 43.6 Å². The Morgan fingerprint density at radius 1 is 1.20 bits per heavy atom. The largest absolute Gasteiger partial charge is 0.307 e. The van der Waals surface area contributed by atoms with Crippen molar-refractivity contribution in [3.63, 3.8) is 0 Å². The van der Waals surface area contributed by atoms with Crippen LogP contribution in [-0.2, 0) is 19.6 Å². The summed E-state index contributed by atoms with van der Waals surface area (Å²) in [7, 11) is 0. The molecule has 5 heteroatoms. The highest BCUT2D eigenvalue weighted by molar-refractivity contribution is 5.05. The topological polar surface area (TPSA) is 47.7 Å². The minimum absolute atomic E-state index is 0.412. The van der Waals surface area contributed by atoms with Crippen LogP contribution in [0.2, 0.25) is 0 Å². The van der Waals surface area contributed by atoms with Crippen LogP contribution >= 0.6 is 0 Å². The Balaban J connectivity index is 1.78. The highest BCUT2D eigenvalue weighted by Crippen LogP contribution is 2.05. The summed E-state index contributed by atoms with van der Waals surface area (Å²) < 4.78 is 3.99. The van der Waals surface area contributed by atoms with Crippen LogP contribution in [0.4, 0.5) is 0 Å². The lowest BCUT2D eigenvalue weighted by molar-refractivity contribution is 0.477. The average molecular weight is 275 g/mol. The third kappa shape index (κ3) is 4.20. The Morgan fingerprint density at radius 2 is 2.00 bits per heavy atom. The third-order valence-electron chi connectivity index (χ3n) is 3.07. The normalized spacial score (nSPS) is 11.7. The van der Waals surface area contributed by atoms with Crippen molar-refractivity contribution in [2.24, 2.45) is 5.92 Å². The number of rotatable bonds is 7. The predicted octanol–water partition coefficient (Wildman–Crippen LogP) is 2.61. The molecule has 2 aromatic heterocycles. The summed E-state index contributed by atoms with van der Waals surface area (Å²) in [5, 5.41) is 12.3. The molecule has 0 saturated heterocycles. The van der Waals surface area contributed by atoms with Crippen LogP contribution in [0.15, 0.2) is 24.7 Å². The summed E-state index contributed by atoms with van der Waals surface area (Å²) in [6.45, 7) is 11.2. The van der Waals surface area contributed by atoms with Gasteiger partial charge in [-0.25, -0.2) is 0 Å². The molecule has 0 aliphatic carbocycles. The van der Waals surface area contributed by atoms with Crippen LogP contribution < -0.4 is 5.32 Å². The lowest BCUT2D eigenvalue weighted by atomic mass is 10.2. The molecule has 0 radical (unpaired) electrons. The molecule has 2 heterocycles. The highest BCUT2D eigenvalue weighted by Gasteiger charge is 2.03. The molecule has 0 aromatic carbocycles. The Bertz CT molecular complexity index is 524. The minimum atomic E-state index is 0.412. The van der Waals surface area contributed by atoms with E-state index >= 15 is 0 Å². The smallest absolute Gasteiger partial charge is 0.0762 e. The van der Waals surface area contributed by atoms with Crippen molar-refractivity contribution >= 4 is 0 Å². The molecule has 0 unspecified atom stereocenters. The number of hydrogen-bond donors (Lipinski definition) is 1. The average Bonchev–Trinajstić information content (AvgIpc) is 2.98. The van der Waals surface area contributed by atoms with Gasteiger partial charge in [0.25, 0.3) is 0 Å². The predicted molar refractivity (Wildman–Crippen MR) is 80.2 cm³/mol. The zero-order chi connectivity index (χ0) is 14.5. The Morgan fingerprint density at radius 3 is 2.65 bits per heavy atom. The Hall–Kier alpha value is -1.62. The van der Waals surface area contributed by atoms with Gasteiger partial charge in [-0.05, 0) is 25.8 Å². The van der Waals surface area contributed by atoms with Crippen molar-refractivity contribution in [2.45, 2.75) is 53.4 Å². The summed E-state index contributed by atoms with van der Waals surface area (Å²) in [5.74, 6) is 0.623. The van der Waals surface area contributed by atoms with Crippen molar-refractivity contribution in [3.8, 4) is 0 Å².